The highest BCUT2D eigenvalue weighted by Gasteiger charge is 2.09. The molecule has 1 unspecified atom stereocenters. The maximum absolute atomic E-state index is 12.2. The second-order valence-electron chi connectivity index (χ2n) is 5.50. The number of benzene rings is 2. The Morgan fingerprint density at radius 1 is 1.08 bits per heavy atom. The number of aliphatic hydroxyl groups excluding tert-OH is 1. The van der Waals surface area contributed by atoms with Gasteiger partial charge in [-0.25, -0.2) is 9.97 Å². The van der Waals surface area contributed by atoms with Gasteiger partial charge in [0.25, 0.3) is 5.91 Å². The Labute approximate surface area is 164 Å². The van der Waals surface area contributed by atoms with Crippen LogP contribution in [0.1, 0.15) is 10.4 Å². The van der Waals surface area contributed by atoms with Crippen LogP contribution in [0.25, 0.3) is 11.3 Å². The van der Waals surface area contributed by atoms with Crippen LogP contribution in [-0.2, 0) is 0 Å². The molecule has 3 N–H and O–H groups in total. The molecule has 0 aliphatic rings. The first-order valence-electron chi connectivity index (χ1n) is 7.97. The van der Waals surface area contributed by atoms with Gasteiger partial charge < -0.3 is 15.7 Å². The second kappa shape index (κ2) is 8.72. The molecule has 0 saturated heterocycles. The minimum absolute atomic E-state index is 0.197. The van der Waals surface area contributed by atoms with Crippen molar-refractivity contribution >= 4 is 40.0 Å². The highest BCUT2D eigenvalue weighted by molar-refractivity contribution is 14.1. The fourth-order valence-corrected chi connectivity index (χ4v) is 2.57. The van der Waals surface area contributed by atoms with E-state index in [0.717, 1.165) is 11.3 Å². The molecule has 6 nitrogen and oxygen atoms in total. The summed E-state index contributed by atoms with van der Waals surface area (Å²) in [5, 5.41) is 15.2. The molecule has 0 fully saturated rings. The molecule has 0 spiro atoms. The van der Waals surface area contributed by atoms with Gasteiger partial charge in [-0.1, -0.05) is 30.3 Å². The number of alkyl halides is 1. The molecular weight excluding hydrogens is 443 g/mol. The summed E-state index contributed by atoms with van der Waals surface area (Å²) in [4.78, 5) is 20.7. The normalized spacial score (nSPS) is 11.6. The van der Waals surface area contributed by atoms with Gasteiger partial charge in [0.2, 0.25) is 0 Å². The van der Waals surface area contributed by atoms with Crippen LogP contribution in [0.4, 0.5) is 11.5 Å². The van der Waals surface area contributed by atoms with E-state index < -0.39 is 4.11 Å². The third-order valence-corrected chi connectivity index (χ3v) is 4.01. The smallest absolute Gasteiger partial charge is 0.251 e. The number of rotatable bonds is 6. The van der Waals surface area contributed by atoms with Crippen LogP contribution < -0.4 is 10.6 Å². The van der Waals surface area contributed by atoms with Crippen LogP contribution in [0.15, 0.2) is 67.0 Å². The average molecular weight is 460 g/mol. The summed E-state index contributed by atoms with van der Waals surface area (Å²) < 4.78 is -0.617. The van der Waals surface area contributed by atoms with Crippen molar-refractivity contribution in [3.05, 3.63) is 72.6 Å². The van der Waals surface area contributed by atoms with Crippen LogP contribution in [-0.4, -0.2) is 31.6 Å². The maximum Gasteiger partial charge on any atom is 0.251 e. The lowest BCUT2D eigenvalue weighted by molar-refractivity contribution is 0.0942. The topological polar surface area (TPSA) is 87.1 Å². The Morgan fingerprint density at radius 2 is 1.88 bits per heavy atom. The van der Waals surface area contributed by atoms with E-state index in [2.05, 4.69) is 20.6 Å². The molecule has 1 atom stereocenters. The van der Waals surface area contributed by atoms with E-state index in [1.54, 1.807) is 18.2 Å². The number of para-hydroxylation sites is 1. The molecule has 0 radical (unpaired) electrons. The summed E-state index contributed by atoms with van der Waals surface area (Å²) in [6.45, 7) is 0.197. The van der Waals surface area contributed by atoms with E-state index in [-0.39, 0.29) is 12.5 Å². The van der Waals surface area contributed by atoms with Crippen molar-refractivity contribution in [2.45, 2.75) is 4.11 Å². The second-order valence-corrected chi connectivity index (χ2v) is 6.94. The van der Waals surface area contributed by atoms with Crippen molar-refractivity contribution < 1.29 is 9.90 Å². The molecule has 3 rings (SSSR count). The van der Waals surface area contributed by atoms with Gasteiger partial charge in [0.15, 0.2) is 0 Å². The zero-order chi connectivity index (χ0) is 18.4. The van der Waals surface area contributed by atoms with E-state index in [1.165, 1.54) is 6.33 Å². The number of hydrogen-bond acceptors (Lipinski definition) is 5. The van der Waals surface area contributed by atoms with Gasteiger partial charge in [-0.05, 0) is 46.9 Å². The molecule has 7 heteroatoms. The van der Waals surface area contributed by atoms with Crippen molar-refractivity contribution in [1.29, 1.82) is 0 Å². The number of halogens is 1. The van der Waals surface area contributed by atoms with Gasteiger partial charge in [0, 0.05) is 22.9 Å². The summed E-state index contributed by atoms with van der Waals surface area (Å²) in [5.74, 6) is 0.434. The third-order valence-electron chi connectivity index (χ3n) is 3.56. The lowest BCUT2D eigenvalue weighted by Crippen LogP contribution is -2.29. The minimum Gasteiger partial charge on any atom is -0.381 e. The number of amides is 1. The fraction of sp³-hybridized carbons (Fsp3) is 0.105. The number of nitrogens with one attached hydrogen (secondary N) is 2. The van der Waals surface area contributed by atoms with Crippen molar-refractivity contribution in [3.8, 4) is 11.3 Å². The molecular formula is C19H17IN4O2. The van der Waals surface area contributed by atoms with E-state index >= 15 is 0 Å². The summed E-state index contributed by atoms with van der Waals surface area (Å²) in [6, 6.07) is 18.8. The zero-order valence-electron chi connectivity index (χ0n) is 13.8. The van der Waals surface area contributed by atoms with Gasteiger partial charge in [0.1, 0.15) is 16.3 Å². The SMILES string of the molecule is O=C(NCC(O)I)c1cccc(-c2cc(Nc3ccccc3)ncn2)c1. The standard InChI is InChI=1S/C19H17IN4O2/c20-17(25)11-21-19(26)14-6-4-5-13(9-14)16-10-18(23-12-22-16)24-15-7-2-1-3-8-15/h1-10,12,17,25H,11H2,(H,21,26)(H,22,23,24). The Hall–Kier alpha value is -2.52. The Bertz CT molecular complexity index is 887. The fourth-order valence-electron chi connectivity index (χ4n) is 2.35. The quantitative estimate of drug-likeness (QED) is 0.388. The molecule has 0 aliphatic carbocycles. The lowest BCUT2D eigenvalue weighted by Gasteiger charge is -2.09. The number of nitrogens with zero attached hydrogens (tertiary/aromatic N) is 2. The predicted octanol–water partition coefficient (Wildman–Crippen LogP) is 3.37. The van der Waals surface area contributed by atoms with Crippen LogP contribution in [0, 0.1) is 0 Å². The summed E-state index contributed by atoms with van der Waals surface area (Å²) in [7, 11) is 0. The van der Waals surface area contributed by atoms with E-state index in [0.29, 0.717) is 17.1 Å². The lowest BCUT2D eigenvalue weighted by atomic mass is 10.1. The molecule has 0 aliphatic heterocycles. The van der Waals surface area contributed by atoms with Crippen LogP contribution >= 0.6 is 22.6 Å². The highest BCUT2D eigenvalue weighted by atomic mass is 127. The van der Waals surface area contributed by atoms with Crippen LogP contribution in [0.5, 0.6) is 0 Å². The predicted molar refractivity (Wildman–Crippen MR) is 110 cm³/mol. The first-order chi connectivity index (χ1) is 12.6. The number of carbonyl (C=O) groups is 1. The number of aliphatic hydroxyl groups is 1. The molecule has 1 heterocycles. The van der Waals surface area contributed by atoms with Crippen molar-refractivity contribution in [2.75, 3.05) is 11.9 Å². The molecule has 0 saturated carbocycles. The molecule has 1 aromatic heterocycles. The summed E-state index contributed by atoms with van der Waals surface area (Å²) in [6.07, 6.45) is 1.49. The van der Waals surface area contributed by atoms with Crippen LogP contribution in [0.3, 0.4) is 0 Å². The van der Waals surface area contributed by atoms with Crippen molar-refractivity contribution in [3.63, 3.8) is 0 Å². The average Bonchev–Trinajstić information content (AvgIpc) is 2.67. The van der Waals surface area contributed by atoms with Gasteiger partial charge in [-0.2, -0.15) is 0 Å². The Kier molecular flexibility index (Phi) is 6.13. The highest BCUT2D eigenvalue weighted by Crippen LogP contribution is 2.22. The minimum atomic E-state index is -0.617. The number of aromatic nitrogens is 2. The molecule has 0 bridgehead atoms. The first-order valence-corrected chi connectivity index (χ1v) is 9.21. The number of anilines is 2. The Balaban J connectivity index is 1.80. The van der Waals surface area contributed by atoms with E-state index in [9.17, 15) is 9.90 Å². The van der Waals surface area contributed by atoms with Gasteiger partial charge >= 0.3 is 0 Å². The van der Waals surface area contributed by atoms with Crippen molar-refractivity contribution in [2.24, 2.45) is 0 Å². The van der Waals surface area contributed by atoms with Gasteiger partial charge in [-0.3, -0.25) is 4.79 Å². The summed E-state index contributed by atoms with van der Waals surface area (Å²) in [5.41, 5.74) is 2.96. The number of hydrogen-bond donors (Lipinski definition) is 3. The maximum atomic E-state index is 12.2. The molecule has 1 amide bonds. The van der Waals surface area contributed by atoms with E-state index in [4.69, 9.17) is 0 Å². The molecule has 2 aromatic carbocycles. The number of carbonyl (C=O) groups excluding carboxylic acids is 1. The largest absolute Gasteiger partial charge is 0.381 e. The monoisotopic (exact) mass is 460 g/mol. The van der Waals surface area contributed by atoms with Gasteiger partial charge in [-0.15, -0.1) is 0 Å². The van der Waals surface area contributed by atoms with Crippen LogP contribution in [0.2, 0.25) is 0 Å². The Morgan fingerprint density at radius 3 is 2.65 bits per heavy atom. The third kappa shape index (κ3) is 4.99. The molecule has 26 heavy (non-hydrogen) atoms. The van der Waals surface area contributed by atoms with E-state index in [1.807, 2.05) is 65.1 Å². The first kappa shape index (κ1) is 18.3. The zero-order valence-corrected chi connectivity index (χ0v) is 15.9. The molecule has 132 valence electrons. The summed E-state index contributed by atoms with van der Waals surface area (Å²) >= 11 is 1.84. The van der Waals surface area contributed by atoms with Gasteiger partial charge in [0.05, 0.1) is 12.2 Å². The molecule has 3 aromatic rings. The van der Waals surface area contributed by atoms with Crippen molar-refractivity contribution in [1.82, 2.24) is 15.3 Å².